The number of allylic oxidation sites excluding steroid dienone is 1. The van der Waals surface area contributed by atoms with Crippen LogP contribution in [0.2, 0.25) is 5.02 Å². The van der Waals surface area contributed by atoms with Gasteiger partial charge in [0.2, 0.25) is 0 Å². The van der Waals surface area contributed by atoms with Crippen LogP contribution < -0.4 is 4.74 Å². The van der Waals surface area contributed by atoms with E-state index in [2.05, 4.69) is 17.4 Å². The first kappa shape index (κ1) is 21.5. The zero-order valence-electron chi connectivity index (χ0n) is 16.3. The molecule has 5 heteroatoms. The fourth-order valence-corrected chi connectivity index (χ4v) is 5.17. The van der Waals surface area contributed by atoms with E-state index in [1.54, 1.807) is 6.07 Å². The molecule has 1 nitrogen and oxygen atoms in total. The highest BCUT2D eigenvalue weighted by molar-refractivity contribution is 6.30. The molecule has 0 saturated heterocycles. The highest BCUT2D eigenvalue weighted by Gasteiger charge is 2.28. The van der Waals surface area contributed by atoms with Crippen LogP contribution in [0.4, 0.5) is 13.2 Å². The third-order valence-corrected chi connectivity index (χ3v) is 7.07. The third kappa shape index (κ3) is 5.46. The molecule has 1 aromatic rings. The van der Waals surface area contributed by atoms with Crippen LogP contribution in [0.15, 0.2) is 24.8 Å². The van der Waals surface area contributed by atoms with Gasteiger partial charge in [0, 0.05) is 5.56 Å². The summed E-state index contributed by atoms with van der Waals surface area (Å²) in [5.41, 5.74) is 0.531. The molecule has 3 rings (SSSR count). The lowest BCUT2D eigenvalue weighted by molar-refractivity contribution is -0.0531. The zero-order valence-corrected chi connectivity index (χ0v) is 17.1. The van der Waals surface area contributed by atoms with Crippen molar-refractivity contribution in [2.45, 2.75) is 76.7 Å². The maximum absolute atomic E-state index is 14.2. The Kier molecular flexibility index (Phi) is 7.73. The molecule has 1 aromatic carbocycles. The molecule has 0 N–H and O–H groups in total. The van der Waals surface area contributed by atoms with E-state index in [0.29, 0.717) is 17.4 Å². The maximum Gasteiger partial charge on any atom is 0.387 e. The summed E-state index contributed by atoms with van der Waals surface area (Å²) >= 11 is 5.76. The molecule has 0 spiro atoms. The minimum absolute atomic E-state index is 0.0554. The smallest absolute Gasteiger partial charge is 0.387 e. The average Bonchev–Trinajstić information content (AvgIpc) is 2.71. The number of benzene rings is 1. The normalized spacial score (nSPS) is 28.3. The van der Waals surface area contributed by atoms with E-state index in [1.165, 1.54) is 44.6 Å². The van der Waals surface area contributed by atoms with Gasteiger partial charge in [-0.05, 0) is 81.1 Å². The SMILES string of the molecule is C=CC1CCC(CCC2CCC(c3ccc(Cl)c(F)c3OC(F)F)CC2)CC1. The Balaban J connectivity index is 1.51. The number of ether oxygens (including phenoxy) is 1. The van der Waals surface area contributed by atoms with Crippen LogP contribution in [0, 0.1) is 23.6 Å². The summed E-state index contributed by atoms with van der Waals surface area (Å²) in [5, 5.41) is -0.181. The van der Waals surface area contributed by atoms with E-state index in [4.69, 9.17) is 11.6 Å². The molecule has 0 bridgehead atoms. The van der Waals surface area contributed by atoms with Gasteiger partial charge in [0.25, 0.3) is 0 Å². The van der Waals surface area contributed by atoms with Crippen LogP contribution in [0.5, 0.6) is 5.75 Å². The quantitative estimate of drug-likeness (QED) is 0.409. The highest BCUT2D eigenvalue weighted by atomic mass is 35.5. The van der Waals surface area contributed by atoms with Gasteiger partial charge in [0.1, 0.15) is 0 Å². The summed E-state index contributed by atoms with van der Waals surface area (Å²) in [6, 6.07) is 3.09. The van der Waals surface area contributed by atoms with Crippen molar-refractivity contribution >= 4 is 11.6 Å². The monoisotopic (exact) mass is 414 g/mol. The highest BCUT2D eigenvalue weighted by Crippen LogP contribution is 2.44. The standard InChI is InChI=1S/C23H30ClF3O/c1-2-15-3-5-16(6-4-15)7-8-17-9-11-18(12-10-17)19-13-14-20(24)21(25)22(19)28-23(26)27/h2,13-18,23H,1,3-12H2. The Morgan fingerprint density at radius 1 is 1.00 bits per heavy atom. The van der Waals surface area contributed by atoms with Crippen LogP contribution in [-0.2, 0) is 0 Å². The molecule has 2 aliphatic rings. The van der Waals surface area contributed by atoms with Gasteiger partial charge in [0.05, 0.1) is 5.02 Å². The second-order valence-electron chi connectivity index (χ2n) is 8.47. The van der Waals surface area contributed by atoms with Crippen molar-refractivity contribution in [3.05, 3.63) is 41.2 Å². The molecule has 0 unspecified atom stereocenters. The second kappa shape index (κ2) is 10.0. The fourth-order valence-electron chi connectivity index (χ4n) is 5.02. The number of alkyl halides is 2. The van der Waals surface area contributed by atoms with Crippen molar-refractivity contribution in [1.29, 1.82) is 0 Å². The Morgan fingerprint density at radius 2 is 1.57 bits per heavy atom. The summed E-state index contributed by atoms with van der Waals surface area (Å²) in [6.45, 7) is 0.855. The summed E-state index contributed by atoms with van der Waals surface area (Å²) in [6.07, 6.45) is 13.7. The van der Waals surface area contributed by atoms with E-state index < -0.39 is 12.4 Å². The summed E-state index contributed by atoms with van der Waals surface area (Å²) < 4.78 is 44.2. The number of halogens is 4. The van der Waals surface area contributed by atoms with Crippen molar-refractivity contribution < 1.29 is 17.9 Å². The minimum Gasteiger partial charge on any atom is -0.431 e. The molecule has 0 amide bonds. The zero-order chi connectivity index (χ0) is 20.1. The van der Waals surface area contributed by atoms with Gasteiger partial charge in [-0.3, -0.25) is 0 Å². The van der Waals surface area contributed by atoms with Crippen LogP contribution in [0.25, 0.3) is 0 Å². The van der Waals surface area contributed by atoms with Crippen molar-refractivity contribution in [2.24, 2.45) is 17.8 Å². The van der Waals surface area contributed by atoms with Crippen LogP contribution in [-0.4, -0.2) is 6.61 Å². The lowest BCUT2D eigenvalue weighted by Crippen LogP contribution is -2.18. The minimum atomic E-state index is -3.06. The van der Waals surface area contributed by atoms with Gasteiger partial charge in [-0.1, -0.05) is 36.6 Å². The second-order valence-corrected chi connectivity index (χ2v) is 8.88. The molecule has 0 aliphatic heterocycles. The van der Waals surface area contributed by atoms with E-state index in [1.807, 2.05) is 0 Å². The van der Waals surface area contributed by atoms with Crippen molar-refractivity contribution in [1.82, 2.24) is 0 Å². The molecule has 156 valence electrons. The van der Waals surface area contributed by atoms with E-state index in [-0.39, 0.29) is 16.7 Å². The molecular formula is C23H30ClF3O. The summed E-state index contributed by atoms with van der Waals surface area (Å²) in [5.74, 6) is 1.04. The van der Waals surface area contributed by atoms with E-state index in [9.17, 15) is 13.2 Å². The van der Waals surface area contributed by atoms with Gasteiger partial charge in [-0.2, -0.15) is 8.78 Å². The van der Waals surface area contributed by atoms with Gasteiger partial charge >= 0.3 is 6.61 Å². The lowest BCUT2D eigenvalue weighted by atomic mass is 9.74. The Bertz CT molecular complexity index is 647. The van der Waals surface area contributed by atoms with Crippen molar-refractivity contribution in [3.63, 3.8) is 0 Å². The number of hydrogen-bond donors (Lipinski definition) is 0. The molecule has 28 heavy (non-hydrogen) atoms. The van der Waals surface area contributed by atoms with Crippen molar-refractivity contribution in [2.75, 3.05) is 0 Å². The molecule has 0 aromatic heterocycles. The van der Waals surface area contributed by atoms with E-state index in [0.717, 1.165) is 31.6 Å². The fraction of sp³-hybridized carbons (Fsp3) is 0.652. The molecule has 0 atom stereocenters. The van der Waals surface area contributed by atoms with Gasteiger partial charge in [-0.25, -0.2) is 4.39 Å². The van der Waals surface area contributed by atoms with Crippen molar-refractivity contribution in [3.8, 4) is 5.75 Å². The van der Waals surface area contributed by atoms with Gasteiger partial charge in [-0.15, -0.1) is 6.58 Å². The van der Waals surface area contributed by atoms with Crippen LogP contribution in [0.3, 0.4) is 0 Å². The van der Waals surface area contributed by atoms with Crippen LogP contribution in [0.1, 0.15) is 75.7 Å². The number of rotatable bonds is 7. The summed E-state index contributed by atoms with van der Waals surface area (Å²) in [7, 11) is 0. The maximum atomic E-state index is 14.2. The topological polar surface area (TPSA) is 9.23 Å². The first-order valence-electron chi connectivity index (χ1n) is 10.5. The Labute approximate surface area is 171 Å². The molecule has 0 heterocycles. The molecule has 2 saturated carbocycles. The molecule has 2 aliphatic carbocycles. The Morgan fingerprint density at radius 3 is 2.11 bits per heavy atom. The first-order chi connectivity index (χ1) is 13.5. The van der Waals surface area contributed by atoms with E-state index >= 15 is 0 Å². The van der Waals surface area contributed by atoms with Crippen LogP contribution >= 0.6 is 11.6 Å². The predicted octanol–water partition coefficient (Wildman–Crippen LogP) is 8.13. The first-order valence-corrected chi connectivity index (χ1v) is 10.9. The average molecular weight is 415 g/mol. The molecule has 2 fully saturated rings. The van der Waals surface area contributed by atoms with Gasteiger partial charge in [0.15, 0.2) is 11.6 Å². The number of hydrogen-bond acceptors (Lipinski definition) is 1. The lowest BCUT2D eigenvalue weighted by Gasteiger charge is -2.32. The van der Waals surface area contributed by atoms with Gasteiger partial charge < -0.3 is 4.74 Å². The third-order valence-electron chi connectivity index (χ3n) is 6.78. The molecular weight excluding hydrogens is 385 g/mol. The summed E-state index contributed by atoms with van der Waals surface area (Å²) in [4.78, 5) is 0. The Hall–Kier alpha value is -1.16. The largest absolute Gasteiger partial charge is 0.431 e. The molecule has 0 radical (unpaired) electrons. The predicted molar refractivity (Wildman–Crippen MR) is 108 cm³/mol.